The van der Waals surface area contributed by atoms with Crippen LogP contribution >= 0.6 is 23.2 Å². The Labute approximate surface area is 119 Å². The lowest BCUT2D eigenvalue weighted by Crippen LogP contribution is -2.13. The average molecular weight is 299 g/mol. The van der Waals surface area contributed by atoms with E-state index in [1.165, 1.54) is 18.2 Å². The third kappa shape index (κ3) is 3.03. The van der Waals surface area contributed by atoms with Crippen LogP contribution in [0.5, 0.6) is 0 Å². The molecule has 0 aliphatic rings. The standard InChI is InChI=1S/C13H9Cl2FN2O/c1-7-5-10(12(15)17-6-7)18-13(19)8-3-2-4-9(16)11(8)14/h2-6H,1H3,(H,18,19). The molecule has 0 spiro atoms. The lowest BCUT2D eigenvalue weighted by atomic mass is 10.2. The Bertz CT molecular complexity index is 647. The van der Waals surface area contributed by atoms with Crippen LogP contribution in [0.25, 0.3) is 0 Å². The molecule has 2 rings (SSSR count). The number of aromatic nitrogens is 1. The van der Waals surface area contributed by atoms with Gasteiger partial charge in [0.05, 0.1) is 16.3 Å². The van der Waals surface area contributed by atoms with Crippen LogP contribution in [0.3, 0.4) is 0 Å². The van der Waals surface area contributed by atoms with Crippen molar-refractivity contribution in [1.82, 2.24) is 4.98 Å². The summed E-state index contributed by atoms with van der Waals surface area (Å²) in [6.07, 6.45) is 1.58. The fraction of sp³-hybridized carbons (Fsp3) is 0.0769. The van der Waals surface area contributed by atoms with E-state index >= 15 is 0 Å². The van der Waals surface area contributed by atoms with E-state index in [1.54, 1.807) is 12.3 Å². The van der Waals surface area contributed by atoms with Gasteiger partial charge in [-0.3, -0.25) is 4.79 Å². The van der Waals surface area contributed by atoms with Crippen molar-refractivity contribution < 1.29 is 9.18 Å². The number of hydrogen-bond donors (Lipinski definition) is 1. The van der Waals surface area contributed by atoms with Crippen LogP contribution in [0.4, 0.5) is 10.1 Å². The van der Waals surface area contributed by atoms with Crippen molar-refractivity contribution in [3.63, 3.8) is 0 Å². The molecule has 3 nitrogen and oxygen atoms in total. The first-order valence-electron chi connectivity index (χ1n) is 5.36. The molecule has 1 aromatic carbocycles. The van der Waals surface area contributed by atoms with Gasteiger partial charge in [0, 0.05) is 6.20 Å². The summed E-state index contributed by atoms with van der Waals surface area (Å²) in [6.45, 7) is 1.81. The van der Waals surface area contributed by atoms with Crippen molar-refractivity contribution in [3.05, 3.63) is 57.6 Å². The van der Waals surface area contributed by atoms with E-state index in [1.807, 2.05) is 6.92 Å². The number of anilines is 1. The van der Waals surface area contributed by atoms with Crippen LogP contribution in [-0.2, 0) is 0 Å². The van der Waals surface area contributed by atoms with Gasteiger partial charge in [-0.2, -0.15) is 0 Å². The van der Waals surface area contributed by atoms with Crippen LogP contribution in [0.15, 0.2) is 30.5 Å². The Hall–Kier alpha value is -1.65. The molecule has 19 heavy (non-hydrogen) atoms. The molecule has 0 atom stereocenters. The number of carbonyl (C=O) groups is 1. The van der Waals surface area contributed by atoms with Crippen molar-refractivity contribution in [2.24, 2.45) is 0 Å². The van der Waals surface area contributed by atoms with Gasteiger partial charge < -0.3 is 5.32 Å². The molecule has 0 saturated heterocycles. The summed E-state index contributed by atoms with van der Waals surface area (Å²) >= 11 is 11.6. The highest BCUT2D eigenvalue weighted by molar-refractivity contribution is 6.35. The normalized spacial score (nSPS) is 10.3. The molecule has 1 aromatic heterocycles. The number of pyridine rings is 1. The van der Waals surface area contributed by atoms with Gasteiger partial charge in [-0.1, -0.05) is 29.3 Å². The van der Waals surface area contributed by atoms with E-state index < -0.39 is 11.7 Å². The largest absolute Gasteiger partial charge is 0.319 e. The maximum atomic E-state index is 13.3. The smallest absolute Gasteiger partial charge is 0.257 e. The zero-order valence-electron chi connectivity index (χ0n) is 9.88. The minimum atomic E-state index is -0.650. The van der Waals surface area contributed by atoms with Gasteiger partial charge in [0.25, 0.3) is 5.91 Å². The average Bonchev–Trinajstić information content (AvgIpc) is 2.37. The van der Waals surface area contributed by atoms with Gasteiger partial charge in [-0.25, -0.2) is 9.37 Å². The first-order valence-corrected chi connectivity index (χ1v) is 6.12. The van der Waals surface area contributed by atoms with E-state index in [0.29, 0.717) is 5.69 Å². The molecule has 98 valence electrons. The molecule has 6 heteroatoms. The second kappa shape index (κ2) is 5.55. The summed E-state index contributed by atoms with van der Waals surface area (Å²) in [5.74, 6) is -1.19. The van der Waals surface area contributed by atoms with Crippen molar-refractivity contribution in [2.45, 2.75) is 6.92 Å². The molecule has 1 N–H and O–H groups in total. The first-order chi connectivity index (χ1) is 8.99. The Balaban J connectivity index is 2.31. The molecule has 0 aliphatic carbocycles. The first kappa shape index (κ1) is 13.8. The topological polar surface area (TPSA) is 42.0 Å². The lowest BCUT2D eigenvalue weighted by molar-refractivity contribution is 0.102. The zero-order valence-corrected chi connectivity index (χ0v) is 11.4. The van der Waals surface area contributed by atoms with Crippen molar-refractivity contribution in [1.29, 1.82) is 0 Å². The number of aryl methyl sites for hydroxylation is 1. The van der Waals surface area contributed by atoms with E-state index in [2.05, 4.69) is 10.3 Å². The molecule has 0 radical (unpaired) electrons. The maximum absolute atomic E-state index is 13.3. The lowest BCUT2D eigenvalue weighted by Gasteiger charge is -2.08. The quantitative estimate of drug-likeness (QED) is 0.849. The number of halogens is 3. The zero-order chi connectivity index (χ0) is 14.0. The SMILES string of the molecule is Cc1cnc(Cl)c(NC(=O)c2cccc(F)c2Cl)c1. The molecule has 0 unspecified atom stereocenters. The molecule has 1 amide bonds. The summed E-state index contributed by atoms with van der Waals surface area (Å²) in [6, 6.07) is 5.69. The van der Waals surface area contributed by atoms with Gasteiger partial charge >= 0.3 is 0 Å². The van der Waals surface area contributed by atoms with E-state index in [9.17, 15) is 9.18 Å². The number of benzene rings is 1. The maximum Gasteiger partial charge on any atom is 0.257 e. The summed E-state index contributed by atoms with van der Waals surface area (Å²) in [5.41, 5.74) is 1.23. The molecule has 0 bridgehead atoms. The molecule has 0 fully saturated rings. The second-order valence-corrected chi connectivity index (χ2v) is 4.64. The van der Waals surface area contributed by atoms with Gasteiger partial charge in [0.15, 0.2) is 5.15 Å². The highest BCUT2D eigenvalue weighted by Crippen LogP contribution is 2.24. The number of carbonyl (C=O) groups excluding carboxylic acids is 1. The minimum Gasteiger partial charge on any atom is -0.319 e. The summed E-state index contributed by atoms with van der Waals surface area (Å²) < 4.78 is 13.3. The third-order valence-corrected chi connectivity index (χ3v) is 3.11. The Kier molecular flexibility index (Phi) is 4.02. The van der Waals surface area contributed by atoms with Crippen molar-refractivity contribution in [2.75, 3.05) is 5.32 Å². The van der Waals surface area contributed by atoms with Crippen LogP contribution in [0, 0.1) is 12.7 Å². The van der Waals surface area contributed by atoms with Gasteiger partial charge in [-0.15, -0.1) is 0 Å². The van der Waals surface area contributed by atoms with E-state index in [-0.39, 0.29) is 15.7 Å². The molecule has 0 aliphatic heterocycles. The fourth-order valence-electron chi connectivity index (χ4n) is 1.51. The van der Waals surface area contributed by atoms with Crippen LogP contribution < -0.4 is 5.32 Å². The predicted octanol–water partition coefficient (Wildman–Crippen LogP) is 4.09. The molecule has 2 aromatic rings. The highest BCUT2D eigenvalue weighted by atomic mass is 35.5. The van der Waals surface area contributed by atoms with Crippen LogP contribution in [0.1, 0.15) is 15.9 Å². The van der Waals surface area contributed by atoms with Gasteiger partial charge in [0.1, 0.15) is 5.82 Å². The number of nitrogens with one attached hydrogen (secondary N) is 1. The van der Waals surface area contributed by atoms with E-state index in [0.717, 1.165) is 5.56 Å². The van der Waals surface area contributed by atoms with Gasteiger partial charge in [0.2, 0.25) is 0 Å². The summed E-state index contributed by atoms with van der Waals surface area (Å²) in [5, 5.41) is 2.48. The molecule has 0 saturated carbocycles. The second-order valence-electron chi connectivity index (χ2n) is 3.91. The fourth-order valence-corrected chi connectivity index (χ4v) is 1.87. The minimum absolute atomic E-state index is 0.0410. The Morgan fingerprint density at radius 1 is 1.37 bits per heavy atom. The molecular weight excluding hydrogens is 290 g/mol. The predicted molar refractivity (Wildman–Crippen MR) is 73.3 cm³/mol. The Morgan fingerprint density at radius 3 is 2.84 bits per heavy atom. The number of amides is 1. The van der Waals surface area contributed by atoms with Crippen molar-refractivity contribution >= 4 is 34.8 Å². The molecular formula is C13H9Cl2FN2O. The van der Waals surface area contributed by atoms with E-state index in [4.69, 9.17) is 23.2 Å². The summed E-state index contributed by atoms with van der Waals surface area (Å²) in [7, 11) is 0. The van der Waals surface area contributed by atoms with Crippen molar-refractivity contribution in [3.8, 4) is 0 Å². The number of rotatable bonds is 2. The number of hydrogen-bond acceptors (Lipinski definition) is 2. The van der Waals surface area contributed by atoms with Gasteiger partial charge in [-0.05, 0) is 30.7 Å². The number of nitrogens with zero attached hydrogens (tertiary/aromatic N) is 1. The van der Waals surface area contributed by atoms with Crippen LogP contribution in [-0.4, -0.2) is 10.9 Å². The third-order valence-electron chi connectivity index (χ3n) is 2.42. The molecule has 1 heterocycles. The summed E-state index contributed by atoms with van der Waals surface area (Å²) in [4.78, 5) is 15.9. The monoisotopic (exact) mass is 298 g/mol. The van der Waals surface area contributed by atoms with Crippen LogP contribution in [0.2, 0.25) is 10.2 Å². The highest BCUT2D eigenvalue weighted by Gasteiger charge is 2.15. The Morgan fingerprint density at radius 2 is 2.11 bits per heavy atom.